The Kier molecular flexibility index (Phi) is 10.5. The van der Waals surface area contributed by atoms with Gasteiger partial charge in [-0.15, -0.1) is 0 Å². The average molecular weight is 733 g/mol. The molecule has 1 aliphatic carbocycles. The number of hydrogen-bond donors (Lipinski definition) is 0. The minimum Gasteiger partial charge on any atom is -0.456 e. The van der Waals surface area contributed by atoms with E-state index in [1.807, 2.05) is 36.4 Å². The molecule has 2 aliphatic rings. The number of fused-ring (bicyclic) bond motifs is 2. The average Bonchev–Trinajstić information content (AvgIpc) is 3.07. The van der Waals surface area contributed by atoms with Gasteiger partial charge in [0, 0.05) is 83.0 Å². The lowest BCUT2D eigenvalue weighted by molar-refractivity contribution is 0.617. The van der Waals surface area contributed by atoms with Gasteiger partial charge in [-0.2, -0.15) is 4.58 Å². The molecule has 0 radical (unpaired) electrons. The molecule has 8 heteroatoms. The maximum atomic E-state index is 7.28. The number of aryl methyl sites for hydroxylation is 2. The molecule has 0 N–H and O–H groups in total. The number of rotatable bonds is 9. The van der Waals surface area contributed by atoms with Crippen LogP contribution in [0.4, 0.5) is 22.7 Å². The fourth-order valence-corrected chi connectivity index (χ4v) is 7.90. The van der Waals surface area contributed by atoms with Crippen molar-refractivity contribution in [3.05, 3.63) is 122 Å². The van der Waals surface area contributed by atoms with Crippen LogP contribution < -0.4 is 19.7 Å². The summed E-state index contributed by atoms with van der Waals surface area (Å²) in [5.74, 6) is 0.599. The minimum absolute atomic E-state index is 0.508. The van der Waals surface area contributed by atoms with Crippen molar-refractivity contribution in [1.29, 1.82) is 0 Å². The van der Waals surface area contributed by atoms with E-state index in [0.29, 0.717) is 47.9 Å². The molecule has 49 heavy (non-hydrogen) atoms. The van der Waals surface area contributed by atoms with Crippen molar-refractivity contribution >= 4 is 80.1 Å². The Morgan fingerprint density at radius 3 is 1.71 bits per heavy atom. The summed E-state index contributed by atoms with van der Waals surface area (Å²) in [6.07, 6.45) is 0. The summed E-state index contributed by atoms with van der Waals surface area (Å²) >= 11 is 28.9. The molecule has 0 aromatic heterocycles. The van der Waals surface area contributed by atoms with E-state index < -0.39 is 0 Å². The van der Waals surface area contributed by atoms with Crippen LogP contribution in [0.1, 0.15) is 38.8 Å². The van der Waals surface area contributed by atoms with E-state index >= 15 is 0 Å². The monoisotopic (exact) mass is 730 g/mol. The van der Waals surface area contributed by atoms with Crippen molar-refractivity contribution in [3.8, 4) is 22.5 Å². The molecule has 0 saturated carbocycles. The van der Waals surface area contributed by atoms with Crippen molar-refractivity contribution in [3.63, 3.8) is 0 Å². The molecule has 1 aliphatic heterocycles. The van der Waals surface area contributed by atoms with Gasteiger partial charge in [-0.25, -0.2) is 0 Å². The van der Waals surface area contributed by atoms with Gasteiger partial charge in [0.25, 0.3) is 0 Å². The van der Waals surface area contributed by atoms with Crippen molar-refractivity contribution in [1.82, 2.24) is 4.58 Å². The number of anilines is 3. The zero-order valence-corrected chi connectivity index (χ0v) is 31.7. The van der Waals surface area contributed by atoms with E-state index in [1.54, 1.807) is 0 Å². The van der Waals surface area contributed by atoms with Crippen LogP contribution in [0.25, 0.3) is 33.4 Å². The van der Waals surface area contributed by atoms with Crippen LogP contribution in [0, 0.1) is 13.8 Å². The molecule has 6 rings (SSSR count). The summed E-state index contributed by atoms with van der Waals surface area (Å²) in [6, 6.07) is 28.9. The second-order valence-corrected chi connectivity index (χ2v) is 13.8. The van der Waals surface area contributed by atoms with Crippen LogP contribution in [0.15, 0.2) is 89.3 Å². The second-order valence-electron chi connectivity index (χ2n) is 12.2. The summed E-state index contributed by atoms with van der Waals surface area (Å²) in [4.78, 5) is 4.42. The highest BCUT2D eigenvalue weighted by Crippen LogP contribution is 2.51. The minimum atomic E-state index is 0.508. The van der Waals surface area contributed by atoms with Gasteiger partial charge in [0.05, 0.1) is 26.2 Å². The Morgan fingerprint density at radius 1 is 0.571 bits per heavy atom. The first-order valence-corrected chi connectivity index (χ1v) is 18.2. The Morgan fingerprint density at radius 2 is 1.14 bits per heavy atom. The number of benzene rings is 5. The highest BCUT2D eigenvalue weighted by atomic mass is 35.5. The van der Waals surface area contributed by atoms with Gasteiger partial charge in [-0.1, -0.05) is 81.8 Å². The summed E-state index contributed by atoms with van der Waals surface area (Å²) < 4.78 is 9.02. The van der Waals surface area contributed by atoms with Gasteiger partial charge in [0.15, 0.2) is 0 Å². The summed E-state index contributed by atoms with van der Waals surface area (Å²) in [5, 5.41) is 3.63. The van der Waals surface area contributed by atoms with E-state index in [0.717, 1.165) is 59.8 Å². The second kappa shape index (κ2) is 14.7. The first kappa shape index (κ1) is 35.2. The van der Waals surface area contributed by atoms with Gasteiger partial charge < -0.3 is 14.2 Å². The molecule has 0 spiro atoms. The van der Waals surface area contributed by atoms with Crippen molar-refractivity contribution in [2.75, 3.05) is 36.0 Å². The standard InChI is InChI=1S/C41H40Cl4N3O/c1-7-46(8-2)29-19-32(42)38(33(43)20-29)41-39-34(44)21-30(47(9-3)27-15-11-25(5)12-16-27)23-36(39)49-37-24-31(22-35(45)40(37)41)48(10-4)28-17-13-26(6)14-18-28/h11-24H,7-10H2,1-6H3/q+1. The molecule has 0 amide bonds. The summed E-state index contributed by atoms with van der Waals surface area (Å²) in [5.41, 5.74) is 9.06. The molecule has 4 aromatic carbocycles. The number of halogens is 4. The van der Waals surface area contributed by atoms with Crippen LogP contribution in [-0.2, 0) is 0 Å². The van der Waals surface area contributed by atoms with E-state index in [4.69, 9.17) is 50.8 Å². The maximum Gasteiger partial charge on any atom is 0.210 e. The quantitative estimate of drug-likeness (QED) is 0.109. The highest BCUT2D eigenvalue weighted by molar-refractivity contribution is 6.43. The van der Waals surface area contributed by atoms with Gasteiger partial charge in [-0.3, -0.25) is 0 Å². The molecule has 4 nitrogen and oxygen atoms in total. The first-order chi connectivity index (χ1) is 23.6. The summed E-state index contributed by atoms with van der Waals surface area (Å²) in [6.45, 7) is 15.7. The van der Waals surface area contributed by atoms with Crippen LogP contribution in [0.3, 0.4) is 0 Å². The third-order valence-electron chi connectivity index (χ3n) is 9.15. The van der Waals surface area contributed by atoms with Crippen LogP contribution in [0.2, 0.25) is 20.1 Å². The molecule has 0 unspecified atom stereocenters. The van der Waals surface area contributed by atoms with Gasteiger partial charge >= 0.3 is 0 Å². The lowest BCUT2D eigenvalue weighted by Crippen LogP contribution is -2.25. The Bertz CT molecular complexity index is 2160. The van der Waals surface area contributed by atoms with Crippen molar-refractivity contribution in [2.45, 2.75) is 41.5 Å². The van der Waals surface area contributed by atoms with Crippen LogP contribution in [0.5, 0.6) is 0 Å². The summed E-state index contributed by atoms with van der Waals surface area (Å²) in [7, 11) is 0. The largest absolute Gasteiger partial charge is 0.456 e. The molecule has 0 atom stereocenters. The van der Waals surface area contributed by atoms with Crippen LogP contribution in [-0.4, -0.2) is 26.2 Å². The lowest BCUT2D eigenvalue weighted by Gasteiger charge is -2.26. The third kappa shape index (κ3) is 6.77. The molecule has 1 heterocycles. The maximum absolute atomic E-state index is 7.28. The molecule has 0 bridgehead atoms. The highest BCUT2D eigenvalue weighted by Gasteiger charge is 2.28. The Balaban J connectivity index is 1.71. The van der Waals surface area contributed by atoms with Crippen molar-refractivity contribution in [2.24, 2.45) is 0 Å². The predicted octanol–water partition coefficient (Wildman–Crippen LogP) is 12.6. The Hall–Kier alpha value is -3.67. The normalized spacial score (nSPS) is 12.1. The van der Waals surface area contributed by atoms with E-state index in [-0.39, 0.29) is 0 Å². The molecule has 0 saturated heterocycles. The zero-order valence-electron chi connectivity index (χ0n) is 28.7. The van der Waals surface area contributed by atoms with Crippen molar-refractivity contribution < 1.29 is 4.42 Å². The number of hydrogen-bond acceptors (Lipinski definition) is 3. The zero-order chi connectivity index (χ0) is 35.0. The topological polar surface area (TPSA) is 22.6 Å². The Labute approximate surface area is 309 Å². The van der Waals surface area contributed by atoms with E-state index in [2.05, 4.69) is 104 Å². The fraction of sp³-hybridized carbons (Fsp3) is 0.244. The molecular formula is C41H40Cl4N3O+. The fourth-order valence-electron chi connectivity index (χ4n) is 6.63. The van der Waals surface area contributed by atoms with Crippen LogP contribution >= 0.6 is 46.4 Å². The predicted molar refractivity (Wildman–Crippen MR) is 212 cm³/mol. The number of nitrogens with zero attached hydrogens (tertiary/aromatic N) is 3. The van der Waals surface area contributed by atoms with Gasteiger partial charge in [0.1, 0.15) is 17.9 Å². The molecule has 252 valence electrons. The van der Waals surface area contributed by atoms with Gasteiger partial charge in [-0.05, 0) is 71.9 Å². The third-order valence-corrected chi connectivity index (χ3v) is 10.3. The first-order valence-electron chi connectivity index (χ1n) is 16.7. The molecular weight excluding hydrogens is 692 g/mol. The SMILES string of the molecule is CCN(CC)c1cc(Cl)c(-c2c3c(Cl)cc(=[N+](CC)c4ccc(C)cc4)cc-3oc3cc(N(CC)c4ccc(C)cc4)cc(Cl)c23)c(Cl)c1. The molecule has 4 aromatic rings. The molecule has 0 fully saturated rings. The van der Waals surface area contributed by atoms with Gasteiger partial charge in [0.2, 0.25) is 11.0 Å². The van der Waals surface area contributed by atoms with E-state index in [1.165, 1.54) is 11.1 Å². The van der Waals surface area contributed by atoms with E-state index in [9.17, 15) is 0 Å². The lowest BCUT2D eigenvalue weighted by atomic mass is 9.92. The smallest absolute Gasteiger partial charge is 0.210 e.